The lowest BCUT2D eigenvalue weighted by Crippen LogP contribution is -2.31. The first kappa shape index (κ1) is 17.8. The van der Waals surface area contributed by atoms with Gasteiger partial charge in [0.25, 0.3) is 0 Å². The van der Waals surface area contributed by atoms with Crippen molar-refractivity contribution < 1.29 is 4.79 Å². The van der Waals surface area contributed by atoms with Crippen LogP contribution in [0, 0.1) is 0 Å². The molecule has 0 radical (unpaired) electrons. The number of hydrogen-bond donors (Lipinski definition) is 0. The molecule has 0 aromatic heterocycles. The zero-order valence-electron chi connectivity index (χ0n) is 13.4. The van der Waals surface area contributed by atoms with Crippen LogP contribution < -0.4 is 0 Å². The van der Waals surface area contributed by atoms with E-state index in [1.54, 1.807) is 0 Å². The summed E-state index contributed by atoms with van der Waals surface area (Å²) in [4.78, 5) is 14.5. The molecule has 2 aromatic rings. The van der Waals surface area contributed by atoms with Crippen molar-refractivity contribution in [3.63, 3.8) is 0 Å². The molecule has 1 atom stereocenters. The number of hydrogen-bond acceptors (Lipinski definition) is 1. The molecule has 0 aliphatic heterocycles. The number of halogens is 2. The highest BCUT2D eigenvalue weighted by Gasteiger charge is 2.24. The molecule has 0 saturated carbocycles. The second-order valence-electron chi connectivity index (χ2n) is 5.37. The molecule has 2 rings (SSSR count). The van der Waals surface area contributed by atoms with Gasteiger partial charge in [0.1, 0.15) is 0 Å². The van der Waals surface area contributed by atoms with Gasteiger partial charge < -0.3 is 4.90 Å². The Kier molecular flexibility index (Phi) is 6.49. The van der Waals surface area contributed by atoms with Gasteiger partial charge in [-0.05, 0) is 37.1 Å². The first-order chi connectivity index (χ1) is 11.1. The molecule has 2 nitrogen and oxygen atoms in total. The fourth-order valence-corrected chi connectivity index (χ4v) is 3.46. The van der Waals surface area contributed by atoms with Crippen LogP contribution in [0.15, 0.2) is 48.5 Å². The predicted molar refractivity (Wildman–Crippen MR) is 97.3 cm³/mol. The molecule has 1 amide bonds. The maximum absolute atomic E-state index is 12.6. The Labute approximate surface area is 148 Å². The van der Waals surface area contributed by atoms with Crippen LogP contribution in [0.25, 0.3) is 0 Å². The van der Waals surface area contributed by atoms with E-state index in [1.165, 1.54) is 0 Å². The number of nitrogens with zero attached hydrogens (tertiary/aromatic N) is 1. The number of carbonyl (C=O) groups is 1. The molecule has 0 aliphatic rings. The van der Waals surface area contributed by atoms with Gasteiger partial charge in [-0.2, -0.15) is 0 Å². The number of benzene rings is 2. The smallest absolute Gasteiger partial charge is 0.223 e. The van der Waals surface area contributed by atoms with Crippen LogP contribution in [-0.2, 0) is 4.79 Å². The third-order valence-corrected chi connectivity index (χ3v) is 4.70. The van der Waals surface area contributed by atoms with E-state index in [9.17, 15) is 4.79 Å². The molecular weight excluding hydrogens is 329 g/mol. The highest BCUT2D eigenvalue weighted by atomic mass is 35.5. The normalized spacial score (nSPS) is 12.0. The first-order valence-electron chi connectivity index (χ1n) is 7.85. The Hall–Kier alpha value is -1.51. The van der Waals surface area contributed by atoms with E-state index in [4.69, 9.17) is 23.2 Å². The largest absolute Gasteiger partial charge is 0.343 e. The standard InChI is InChI=1S/C19H21Cl2NO/c1-3-22(4-2)18(23)13-15(14-9-6-5-7-10-14)19-16(20)11-8-12-17(19)21/h5-12,15H,3-4,13H2,1-2H3. The second-order valence-corrected chi connectivity index (χ2v) is 6.18. The fourth-order valence-electron chi connectivity index (χ4n) is 2.80. The van der Waals surface area contributed by atoms with Crippen LogP contribution in [0.4, 0.5) is 0 Å². The zero-order valence-corrected chi connectivity index (χ0v) is 14.9. The quantitative estimate of drug-likeness (QED) is 0.685. The van der Waals surface area contributed by atoms with Gasteiger partial charge in [0.05, 0.1) is 0 Å². The van der Waals surface area contributed by atoms with Crippen LogP contribution >= 0.6 is 23.2 Å². The molecule has 0 bridgehead atoms. The maximum atomic E-state index is 12.6. The summed E-state index contributed by atoms with van der Waals surface area (Å²) in [6, 6.07) is 15.4. The molecule has 0 spiro atoms. The van der Waals surface area contributed by atoms with E-state index < -0.39 is 0 Å². The van der Waals surface area contributed by atoms with Gasteiger partial charge in [-0.1, -0.05) is 59.6 Å². The Morgan fingerprint density at radius 2 is 1.52 bits per heavy atom. The van der Waals surface area contributed by atoms with Gasteiger partial charge in [0.2, 0.25) is 5.91 Å². The number of rotatable bonds is 6. The van der Waals surface area contributed by atoms with Gasteiger partial charge in [0.15, 0.2) is 0 Å². The minimum absolute atomic E-state index is 0.111. The van der Waals surface area contributed by atoms with Crippen LogP contribution in [0.2, 0.25) is 10.0 Å². The van der Waals surface area contributed by atoms with Gasteiger partial charge in [-0.15, -0.1) is 0 Å². The van der Waals surface area contributed by atoms with E-state index in [2.05, 4.69) is 0 Å². The van der Waals surface area contributed by atoms with Crippen molar-refractivity contribution in [3.8, 4) is 0 Å². The number of carbonyl (C=O) groups excluding carboxylic acids is 1. The van der Waals surface area contributed by atoms with Crippen molar-refractivity contribution in [2.45, 2.75) is 26.2 Å². The molecule has 0 N–H and O–H groups in total. The lowest BCUT2D eigenvalue weighted by Gasteiger charge is -2.24. The van der Waals surface area contributed by atoms with Crippen molar-refractivity contribution in [2.75, 3.05) is 13.1 Å². The van der Waals surface area contributed by atoms with E-state index in [-0.39, 0.29) is 11.8 Å². The van der Waals surface area contributed by atoms with Gasteiger partial charge >= 0.3 is 0 Å². The van der Waals surface area contributed by atoms with Gasteiger partial charge in [-0.3, -0.25) is 4.79 Å². The third-order valence-electron chi connectivity index (χ3n) is 4.05. The van der Waals surface area contributed by atoms with Crippen molar-refractivity contribution in [1.82, 2.24) is 4.90 Å². The van der Waals surface area contributed by atoms with E-state index >= 15 is 0 Å². The monoisotopic (exact) mass is 349 g/mol. The molecule has 0 saturated heterocycles. The van der Waals surface area contributed by atoms with Crippen LogP contribution in [0.5, 0.6) is 0 Å². The zero-order chi connectivity index (χ0) is 16.8. The Morgan fingerprint density at radius 3 is 2.04 bits per heavy atom. The average Bonchev–Trinajstić information content (AvgIpc) is 2.55. The van der Waals surface area contributed by atoms with E-state index in [0.717, 1.165) is 11.1 Å². The Balaban J connectivity index is 2.43. The van der Waals surface area contributed by atoms with Crippen molar-refractivity contribution in [3.05, 3.63) is 69.7 Å². The SMILES string of the molecule is CCN(CC)C(=O)CC(c1ccccc1)c1c(Cl)cccc1Cl. The van der Waals surface area contributed by atoms with Crippen LogP contribution in [0.3, 0.4) is 0 Å². The molecule has 122 valence electrons. The average molecular weight is 350 g/mol. The Morgan fingerprint density at radius 1 is 0.957 bits per heavy atom. The molecule has 0 aliphatic carbocycles. The topological polar surface area (TPSA) is 20.3 Å². The fraction of sp³-hybridized carbons (Fsp3) is 0.316. The molecule has 0 heterocycles. The third kappa shape index (κ3) is 4.27. The van der Waals surface area contributed by atoms with Crippen molar-refractivity contribution >= 4 is 29.1 Å². The molecular formula is C19H21Cl2NO. The summed E-state index contributed by atoms with van der Waals surface area (Å²) < 4.78 is 0. The van der Waals surface area contributed by atoms with Crippen molar-refractivity contribution in [1.29, 1.82) is 0 Å². The second kappa shape index (κ2) is 8.37. The number of amides is 1. The molecule has 23 heavy (non-hydrogen) atoms. The Bertz CT molecular complexity index is 633. The van der Waals surface area contributed by atoms with Crippen molar-refractivity contribution in [2.24, 2.45) is 0 Å². The predicted octanol–water partition coefficient (Wildman–Crippen LogP) is 5.38. The summed E-state index contributed by atoms with van der Waals surface area (Å²) >= 11 is 12.8. The molecule has 2 aromatic carbocycles. The first-order valence-corrected chi connectivity index (χ1v) is 8.60. The highest BCUT2D eigenvalue weighted by molar-refractivity contribution is 6.36. The van der Waals surface area contributed by atoms with E-state index in [1.807, 2.05) is 67.3 Å². The lowest BCUT2D eigenvalue weighted by molar-refractivity contribution is -0.131. The lowest BCUT2D eigenvalue weighted by atomic mass is 9.88. The van der Waals surface area contributed by atoms with Gasteiger partial charge in [-0.25, -0.2) is 0 Å². The van der Waals surface area contributed by atoms with Crippen LogP contribution in [0.1, 0.15) is 37.3 Å². The summed E-state index contributed by atoms with van der Waals surface area (Å²) in [5.41, 5.74) is 1.87. The summed E-state index contributed by atoms with van der Waals surface area (Å²) in [7, 11) is 0. The minimum Gasteiger partial charge on any atom is -0.343 e. The van der Waals surface area contributed by atoms with Gasteiger partial charge in [0, 0.05) is 35.5 Å². The maximum Gasteiger partial charge on any atom is 0.223 e. The van der Waals surface area contributed by atoms with E-state index in [0.29, 0.717) is 29.6 Å². The summed E-state index contributed by atoms with van der Waals surface area (Å²) in [6.45, 7) is 5.38. The molecule has 0 fully saturated rings. The summed E-state index contributed by atoms with van der Waals surface area (Å²) in [6.07, 6.45) is 0.356. The summed E-state index contributed by atoms with van der Waals surface area (Å²) in [5.74, 6) is -0.0367. The summed E-state index contributed by atoms with van der Waals surface area (Å²) in [5, 5.41) is 1.19. The molecule has 1 unspecified atom stereocenters. The minimum atomic E-state index is -0.148. The molecule has 4 heteroatoms. The van der Waals surface area contributed by atoms with Crippen LogP contribution in [-0.4, -0.2) is 23.9 Å². The highest BCUT2D eigenvalue weighted by Crippen LogP contribution is 2.38.